The van der Waals surface area contributed by atoms with Crippen molar-refractivity contribution in [3.05, 3.63) is 11.6 Å². The first-order valence-electron chi connectivity index (χ1n) is 14.4. The fourth-order valence-corrected chi connectivity index (χ4v) is 10.2. The molecule has 0 saturated heterocycles. The molecule has 3 fully saturated rings. The molecule has 178 valence electrons. The van der Waals surface area contributed by atoms with E-state index in [1.165, 1.54) is 83.5 Å². The van der Waals surface area contributed by atoms with E-state index in [0.717, 1.165) is 35.5 Å². The van der Waals surface area contributed by atoms with Gasteiger partial charge in [0.1, 0.15) is 0 Å². The maximum Gasteiger partial charge on any atom is -0.0143 e. The predicted molar refractivity (Wildman–Crippen MR) is 136 cm³/mol. The van der Waals surface area contributed by atoms with Gasteiger partial charge in [-0.15, -0.1) is 0 Å². The first-order chi connectivity index (χ1) is 14.7. The van der Waals surface area contributed by atoms with Crippen LogP contribution in [0.15, 0.2) is 11.6 Å². The first-order valence-corrected chi connectivity index (χ1v) is 14.4. The number of allylic oxidation sites excluding steroid dienone is 2. The molecule has 0 bridgehead atoms. The summed E-state index contributed by atoms with van der Waals surface area (Å²) in [4.78, 5) is 0. The summed E-state index contributed by atoms with van der Waals surface area (Å²) in [6, 6.07) is 0. The lowest BCUT2D eigenvalue weighted by Crippen LogP contribution is -2.53. The fraction of sp³-hybridized carbons (Fsp3) is 0.935. The molecule has 3 saturated carbocycles. The summed E-state index contributed by atoms with van der Waals surface area (Å²) in [5, 5.41) is 0. The third-order valence-electron chi connectivity index (χ3n) is 12.0. The molecule has 4 rings (SSSR count). The van der Waals surface area contributed by atoms with Crippen molar-refractivity contribution < 1.29 is 0 Å². The maximum atomic E-state index is 2.84. The van der Waals surface area contributed by atoms with Crippen LogP contribution in [0, 0.1) is 51.8 Å². The molecule has 4 aliphatic carbocycles. The molecule has 0 aromatic rings. The Morgan fingerprint density at radius 1 is 0.871 bits per heavy atom. The van der Waals surface area contributed by atoms with E-state index in [0.29, 0.717) is 16.2 Å². The van der Waals surface area contributed by atoms with Crippen LogP contribution >= 0.6 is 0 Å². The van der Waals surface area contributed by atoms with Crippen molar-refractivity contribution in [2.75, 3.05) is 0 Å². The first kappa shape index (κ1) is 23.9. The largest absolute Gasteiger partial charge is 0.0844 e. The van der Waals surface area contributed by atoms with Gasteiger partial charge in [-0.05, 0) is 96.7 Å². The summed E-state index contributed by atoms with van der Waals surface area (Å²) < 4.78 is 0. The van der Waals surface area contributed by atoms with E-state index in [9.17, 15) is 0 Å². The maximum absolute atomic E-state index is 2.84. The number of rotatable bonds is 7. The van der Waals surface area contributed by atoms with Crippen molar-refractivity contribution in [3.8, 4) is 0 Å². The van der Waals surface area contributed by atoms with Gasteiger partial charge in [-0.1, -0.05) is 98.6 Å². The molecular weight excluding hydrogens is 372 g/mol. The van der Waals surface area contributed by atoms with Crippen molar-refractivity contribution in [2.45, 2.75) is 132 Å². The van der Waals surface area contributed by atoms with Gasteiger partial charge in [-0.2, -0.15) is 0 Å². The van der Waals surface area contributed by atoms with E-state index < -0.39 is 0 Å². The molecule has 1 unspecified atom stereocenters. The number of hydrogen-bond acceptors (Lipinski definition) is 0. The molecule has 0 nitrogen and oxygen atoms in total. The monoisotopic (exact) mass is 426 g/mol. The Morgan fingerprint density at radius 3 is 2.26 bits per heavy atom. The molecule has 0 spiro atoms. The Morgan fingerprint density at radius 2 is 1.58 bits per heavy atom. The van der Waals surface area contributed by atoms with E-state index in [1.807, 2.05) is 5.57 Å². The van der Waals surface area contributed by atoms with Crippen molar-refractivity contribution >= 4 is 0 Å². The van der Waals surface area contributed by atoms with E-state index in [1.54, 1.807) is 0 Å². The minimum atomic E-state index is 0.580. The highest BCUT2D eigenvalue weighted by atomic mass is 14.6. The van der Waals surface area contributed by atoms with Crippen LogP contribution < -0.4 is 0 Å². The smallest absolute Gasteiger partial charge is 0.0143 e. The minimum Gasteiger partial charge on any atom is -0.0844 e. The van der Waals surface area contributed by atoms with Gasteiger partial charge in [0.2, 0.25) is 0 Å². The van der Waals surface area contributed by atoms with E-state index in [2.05, 4.69) is 54.5 Å². The van der Waals surface area contributed by atoms with Crippen LogP contribution in [0.1, 0.15) is 132 Å². The Labute approximate surface area is 195 Å². The van der Waals surface area contributed by atoms with Gasteiger partial charge in [-0.25, -0.2) is 0 Å². The van der Waals surface area contributed by atoms with Gasteiger partial charge < -0.3 is 0 Å². The van der Waals surface area contributed by atoms with Crippen LogP contribution in [-0.2, 0) is 0 Å². The molecule has 0 aromatic heterocycles. The molecule has 31 heavy (non-hydrogen) atoms. The number of hydrogen-bond donors (Lipinski definition) is 0. The summed E-state index contributed by atoms with van der Waals surface area (Å²) in [6.07, 6.45) is 21.8. The Bertz CT molecular complexity index is 651. The highest BCUT2D eigenvalue weighted by molar-refractivity contribution is 5.28. The molecule has 4 aliphatic rings. The Hall–Kier alpha value is -0.260. The predicted octanol–water partition coefficient (Wildman–Crippen LogP) is 9.83. The van der Waals surface area contributed by atoms with Crippen LogP contribution in [0.2, 0.25) is 0 Å². The second-order valence-corrected chi connectivity index (χ2v) is 13.6. The highest BCUT2D eigenvalue weighted by Crippen LogP contribution is 2.69. The second-order valence-electron chi connectivity index (χ2n) is 13.6. The van der Waals surface area contributed by atoms with Crippen LogP contribution in [0.4, 0.5) is 0 Å². The summed E-state index contributed by atoms with van der Waals surface area (Å²) >= 11 is 0. The van der Waals surface area contributed by atoms with Crippen molar-refractivity contribution in [2.24, 2.45) is 51.8 Å². The average molecular weight is 427 g/mol. The summed E-state index contributed by atoms with van der Waals surface area (Å²) in [5.74, 6) is 5.49. The lowest BCUT2D eigenvalue weighted by Gasteiger charge is -2.62. The zero-order valence-electron chi connectivity index (χ0n) is 22.2. The molecule has 0 N–H and O–H groups in total. The third kappa shape index (κ3) is 3.79. The molecule has 7 atom stereocenters. The van der Waals surface area contributed by atoms with Crippen molar-refractivity contribution in [1.29, 1.82) is 0 Å². The highest BCUT2D eigenvalue weighted by Gasteiger charge is 2.60. The molecule has 0 heterocycles. The van der Waals surface area contributed by atoms with Crippen LogP contribution in [0.25, 0.3) is 0 Å². The quantitative estimate of drug-likeness (QED) is 0.355. The SMILES string of the molecule is CCC1(CC)CCC[C@@]2(C)C1CC=C1[C@@H]3CC[C@H]([C@H](C)CCCC(C)C)[C@@]3(C)CC[C@@H]12. The van der Waals surface area contributed by atoms with E-state index in [4.69, 9.17) is 0 Å². The standard InChI is InChI=1S/C31H54/c1-8-31(9-2)20-11-19-30(7)27-18-21-29(6)25(23(5)13-10-12-22(3)4)15-16-26(29)24(27)14-17-28(30)31/h14,22-23,25-28H,8-13,15-21H2,1-7H3/t23-,25-,26+,27+,28?,29-,30-/m1/s1. The lowest BCUT2D eigenvalue weighted by atomic mass is 9.43. The average Bonchev–Trinajstić information content (AvgIpc) is 3.09. The van der Waals surface area contributed by atoms with Gasteiger partial charge in [-0.3, -0.25) is 0 Å². The Kier molecular flexibility index (Phi) is 6.80. The molecule has 0 aliphatic heterocycles. The van der Waals surface area contributed by atoms with Crippen LogP contribution in [0.5, 0.6) is 0 Å². The van der Waals surface area contributed by atoms with Gasteiger partial charge in [0, 0.05) is 0 Å². The van der Waals surface area contributed by atoms with Gasteiger partial charge in [0.25, 0.3) is 0 Å². The van der Waals surface area contributed by atoms with Crippen molar-refractivity contribution in [1.82, 2.24) is 0 Å². The summed E-state index contributed by atoms with van der Waals surface area (Å²) in [7, 11) is 0. The van der Waals surface area contributed by atoms with E-state index in [-0.39, 0.29) is 0 Å². The van der Waals surface area contributed by atoms with Crippen molar-refractivity contribution in [3.63, 3.8) is 0 Å². The fourth-order valence-electron chi connectivity index (χ4n) is 10.2. The zero-order chi connectivity index (χ0) is 22.4. The summed E-state index contributed by atoms with van der Waals surface area (Å²) in [6.45, 7) is 17.8. The summed E-state index contributed by atoms with van der Waals surface area (Å²) in [5.41, 5.74) is 3.76. The lowest BCUT2D eigenvalue weighted by molar-refractivity contribution is -0.0813. The molecule has 0 heteroatoms. The van der Waals surface area contributed by atoms with E-state index >= 15 is 0 Å². The topological polar surface area (TPSA) is 0 Å². The van der Waals surface area contributed by atoms with Crippen LogP contribution in [0.3, 0.4) is 0 Å². The molecule has 0 amide bonds. The van der Waals surface area contributed by atoms with Crippen LogP contribution in [-0.4, -0.2) is 0 Å². The zero-order valence-corrected chi connectivity index (χ0v) is 22.2. The third-order valence-corrected chi connectivity index (χ3v) is 12.0. The number of fused-ring (bicyclic) bond motifs is 5. The van der Waals surface area contributed by atoms with Gasteiger partial charge in [0.05, 0.1) is 0 Å². The molecule has 0 radical (unpaired) electrons. The molecular formula is C31H54. The normalized spacial score (nSPS) is 42.5. The van der Waals surface area contributed by atoms with Gasteiger partial charge >= 0.3 is 0 Å². The second kappa shape index (κ2) is 8.83. The minimum absolute atomic E-state index is 0.580. The molecule has 0 aromatic carbocycles. The Balaban J connectivity index is 1.55. The van der Waals surface area contributed by atoms with Gasteiger partial charge in [0.15, 0.2) is 0 Å².